The Kier molecular flexibility index (Phi) is 7.83. The Balaban J connectivity index is 2.75. The van der Waals surface area contributed by atoms with Crippen molar-refractivity contribution in [2.45, 2.75) is 52.9 Å². The van der Waals surface area contributed by atoms with Crippen LogP contribution in [0.3, 0.4) is 0 Å². The van der Waals surface area contributed by atoms with Gasteiger partial charge in [-0.2, -0.15) is 0 Å². The molecule has 1 aromatic carbocycles. The monoisotopic (exact) mass is 279 g/mol. The van der Waals surface area contributed by atoms with Crippen molar-refractivity contribution in [1.82, 2.24) is 5.32 Å². The highest BCUT2D eigenvalue weighted by Gasteiger charge is 2.19. The highest BCUT2D eigenvalue weighted by molar-refractivity contribution is 5.22. The van der Waals surface area contributed by atoms with Crippen LogP contribution in [-0.2, 0) is 0 Å². The van der Waals surface area contributed by atoms with Crippen LogP contribution in [0, 0.1) is 17.7 Å². The summed E-state index contributed by atoms with van der Waals surface area (Å²) in [6, 6.07) is 7.24. The Hall–Kier alpha value is -0.890. The zero-order chi connectivity index (χ0) is 15.0. The van der Waals surface area contributed by atoms with Crippen molar-refractivity contribution in [3.63, 3.8) is 0 Å². The van der Waals surface area contributed by atoms with Gasteiger partial charge in [-0.15, -0.1) is 0 Å². The molecular weight excluding hydrogens is 249 g/mol. The first-order valence-electron chi connectivity index (χ1n) is 8.03. The Morgan fingerprint density at radius 2 is 1.70 bits per heavy atom. The SMILES string of the molecule is CCC(CC)CC(CNCC(C)C)c1ccccc1F. The molecular formula is C18H30FN. The average Bonchev–Trinajstić information content (AvgIpc) is 2.43. The van der Waals surface area contributed by atoms with Crippen molar-refractivity contribution in [3.8, 4) is 0 Å². The van der Waals surface area contributed by atoms with Crippen LogP contribution in [0.5, 0.6) is 0 Å². The smallest absolute Gasteiger partial charge is 0.126 e. The first-order chi connectivity index (χ1) is 9.58. The molecule has 0 amide bonds. The molecule has 1 N–H and O–H groups in total. The summed E-state index contributed by atoms with van der Waals surface area (Å²) in [5, 5.41) is 3.50. The normalized spacial score (nSPS) is 13.2. The maximum atomic E-state index is 14.1. The van der Waals surface area contributed by atoms with E-state index in [1.165, 1.54) is 12.8 Å². The zero-order valence-corrected chi connectivity index (χ0v) is 13.5. The van der Waals surface area contributed by atoms with Crippen molar-refractivity contribution in [1.29, 1.82) is 0 Å². The summed E-state index contributed by atoms with van der Waals surface area (Å²) in [6.45, 7) is 10.7. The van der Waals surface area contributed by atoms with E-state index in [2.05, 4.69) is 33.0 Å². The summed E-state index contributed by atoms with van der Waals surface area (Å²) in [5.41, 5.74) is 0.871. The summed E-state index contributed by atoms with van der Waals surface area (Å²) in [6.07, 6.45) is 3.41. The minimum atomic E-state index is -0.0604. The molecule has 1 atom stereocenters. The molecule has 0 aliphatic carbocycles. The summed E-state index contributed by atoms with van der Waals surface area (Å²) < 4.78 is 14.1. The maximum Gasteiger partial charge on any atom is 0.126 e. The Bertz CT molecular complexity index is 371. The van der Waals surface area contributed by atoms with Gasteiger partial charge in [-0.3, -0.25) is 0 Å². The first-order valence-corrected chi connectivity index (χ1v) is 8.03. The molecule has 0 spiro atoms. The Morgan fingerprint density at radius 3 is 2.25 bits per heavy atom. The molecule has 0 bridgehead atoms. The van der Waals surface area contributed by atoms with E-state index in [1.807, 2.05) is 12.1 Å². The third-order valence-electron chi connectivity index (χ3n) is 4.06. The van der Waals surface area contributed by atoms with Crippen LogP contribution in [-0.4, -0.2) is 13.1 Å². The lowest BCUT2D eigenvalue weighted by molar-refractivity contribution is 0.385. The second-order valence-electron chi connectivity index (χ2n) is 6.19. The third-order valence-corrected chi connectivity index (χ3v) is 4.06. The van der Waals surface area contributed by atoms with Gasteiger partial charge in [0.2, 0.25) is 0 Å². The molecule has 20 heavy (non-hydrogen) atoms. The number of nitrogens with one attached hydrogen (secondary N) is 1. The van der Waals surface area contributed by atoms with Gasteiger partial charge in [0.1, 0.15) is 5.82 Å². The van der Waals surface area contributed by atoms with Crippen molar-refractivity contribution >= 4 is 0 Å². The molecule has 0 radical (unpaired) electrons. The number of rotatable bonds is 9. The van der Waals surface area contributed by atoms with E-state index in [-0.39, 0.29) is 11.7 Å². The van der Waals surface area contributed by atoms with Crippen molar-refractivity contribution < 1.29 is 4.39 Å². The van der Waals surface area contributed by atoms with E-state index in [0.717, 1.165) is 25.1 Å². The molecule has 0 fully saturated rings. The molecule has 0 heterocycles. The minimum absolute atomic E-state index is 0.0604. The number of benzene rings is 1. The van der Waals surface area contributed by atoms with E-state index < -0.39 is 0 Å². The molecule has 0 aromatic heterocycles. The van der Waals surface area contributed by atoms with Gasteiger partial charge in [-0.25, -0.2) is 4.39 Å². The summed E-state index contributed by atoms with van der Waals surface area (Å²) in [7, 11) is 0. The minimum Gasteiger partial charge on any atom is -0.316 e. The second kappa shape index (κ2) is 9.12. The molecule has 0 aliphatic rings. The lowest BCUT2D eigenvalue weighted by Gasteiger charge is -2.23. The lowest BCUT2D eigenvalue weighted by atomic mass is 9.86. The van der Waals surface area contributed by atoms with Gasteiger partial charge in [0.15, 0.2) is 0 Å². The van der Waals surface area contributed by atoms with Gasteiger partial charge < -0.3 is 5.32 Å². The molecule has 1 unspecified atom stereocenters. The fourth-order valence-corrected chi connectivity index (χ4v) is 2.70. The van der Waals surface area contributed by atoms with Gasteiger partial charge in [-0.05, 0) is 42.3 Å². The van der Waals surface area contributed by atoms with Crippen LogP contribution < -0.4 is 5.32 Å². The number of hydrogen-bond donors (Lipinski definition) is 1. The lowest BCUT2D eigenvalue weighted by Crippen LogP contribution is -2.27. The molecule has 1 aromatic rings. The number of halogens is 1. The molecule has 114 valence electrons. The maximum absolute atomic E-state index is 14.1. The third kappa shape index (κ3) is 5.62. The van der Waals surface area contributed by atoms with Gasteiger partial charge in [0.05, 0.1) is 0 Å². The first kappa shape index (κ1) is 17.2. The van der Waals surface area contributed by atoms with Gasteiger partial charge >= 0.3 is 0 Å². The van der Waals surface area contributed by atoms with Crippen molar-refractivity contribution in [2.24, 2.45) is 11.8 Å². The Morgan fingerprint density at radius 1 is 1.05 bits per heavy atom. The summed E-state index contributed by atoms with van der Waals surface area (Å²) in [4.78, 5) is 0. The van der Waals surface area contributed by atoms with Crippen LogP contribution in [0.25, 0.3) is 0 Å². The predicted molar refractivity (Wildman–Crippen MR) is 85.5 cm³/mol. The second-order valence-corrected chi connectivity index (χ2v) is 6.19. The van der Waals surface area contributed by atoms with Crippen molar-refractivity contribution in [3.05, 3.63) is 35.6 Å². The predicted octanol–water partition coefficient (Wildman–Crippen LogP) is 4.98. The summed E-state index contributed by atoms with van der Waals surface area (Å²) >= 11 is 0. The molecule has 0 saturated carbocycles. The average molecular weight is 279 g/mol. The van der Waals surface area contributed by atoms with Crippen LogP contribution >= 0.6 is 0 Å². The quantitative estimate of drug-likeness (QED) is 0.672. The highest BCUT2D eigenvalue weighted by Crippen LogP contribution is 2.28. The zero-order valence-electron chi connectivity index (χ0n) is 13.5. The fourth-order valence-electron chi connectivity index (χ4n) is 2.70. The van der Waals surface area contributed by atoms with Gasteiger partial charge in [-0.1, -0.05) is 58.7 Å². The van der Waals surface area contributed by atoms with Gasteiger partial charge in [0, 0.05) is 6.54 Å². The van der Waals surface area contributed by atoms with E-state index in [1.54, 1.807) is 12.1 Å². The Labute approximate surface area is 124 Å². The van der Waals surface area contributed by atoms with E-state index in [9.17, 15) is 4.39 Å². The van der Waals surface area contributed by atoms with Crippen molar-refractivity contribution in [2.75, 3.05) is 13.1 Å². The molecule has 1 rings (SSSR count). The van der Waals surface area contributed by atoms with E-state index in [0.29, 0.717) is 11.8 Å². The van der Waals surface area contributed by atoms with E-state index in [4.69, 9.17) is 0 Å². The van der Waals surface area contributed by atoms with Crippen LogP contribution in [0.15, 0.2) is 24.3 Å². The molecule has 0 saturated heterocycles. The fraction of sp³-hybridized carbons (Fsp3) is 0.667. The van der Waals surface area contributed by atoms with E-state index >= 15 is 0 Å². The standard InChI is InChI=1S/C18H30FN/c1-5-15(6-2)11-16(13-20-12-14(3)4)17-9-7-8-10-18(17)19/h7-10,14-16,20H,5-6,11-13H2,1-4H3. The van der Waals surface area contributed by atoms with Crippen LogP contribution in [0.2, 0.25) is 0 Å². The topological polar surface area (TPSA) is 12.0 Å². The number of hydrogen-bond acceptors (Lipinski definition) is 1. The molecule has 1 nitrogen and oxygen atoms in total. The van der Waals surface area contributed by atoms with Crippen LogP contribution in [0.1, 0.15) is 58.4 Å². The highest BCUT2D eigenvalue weighted by atomic mass is 19.1. The largest absolute Gasteiger partial charge is 0.316 e. The van der Waals surface area contributed by atoms with Gasteiger partial charge in [0.25, 0.3) is 0 Å². The van der Waals surface area contributed by atoms with Crippen LogP contribution in [0.4, 0.5) is 4.39 Å². The molecule has 0 aliphatic heterocycles. The summed E-state index contributed by atoms with van der Waals surface area (Å²) in [5.74, 6) is 1.53. The molecule has 2 heteroatoms.